The zero-order valence-corrected chi connectivity index (χ0v) is 13.4. The maximum atomic E-state index is 12.0. The van der Waals surface area contributed by atoms with E-state index in [1.54, 1.807) is 0 Å². The molecule has 116 valence electrons. The smallest absolute Gasteiger partial charge is 0.326 e. The van der Waals surface area contributed by atoms with E-state index in [4.69, 9.17) is 9.47 Å². The number of nitrogens with one attached hydrogen (secondary N) is 1. The van der Waals surface area contributed by atoms with Gasteiger partial charge < -0.3 is 9.47 Å². The van der Waals surface area contributed by atoms with E-state index in [-0.39, 0.29) is 5.97 Å². The van der Waals surface area contributed by atoms with Gasteiger partial charge in [0, 0.05) is 6.04 Å². The van der Waals surface area contributed by atoms with Crippen LogP contribution in [-0.4, -0.2) is 31.3 Å². The van der Waals surface area contributed by atoms with Crippen molar-refractivity contribution in [2.45, 2.75) is 52.6 Å². The number of carbonyl (C=O) groups excluding carboxylic acids is 1. The van der Waals surface area contributed by atoms with E-state index >= 15 is 0 Å². The highest BCUT2D eigenvalue weighted by Crippen LogP contribution is 2.24. The molecule has 0 saturated heterocycles. The Morgan fingerprint density at radius 2 is 2.05 bits per heavy atom. The van der Waals surface area contributed by atoms with Crippen LogP contribution < -0.4 is 10.1 Å². The van der Waals surface area contributed by atoms with Crippen LogP contribution in [0.4, 0.5) is 0 Å². The third-order valence-electron chi connectivity index (χ3n) is 3.75. The molecule has 4 nitrogen and oxygen atoms in total. The fraction of sp³-hybridized carbons (Fsp3) is 0.588. The van der Waals surface area contributed by atoms with Crippen LogP contribution in [0, 0.1) is 20.8 Å². The van der Waals surface area contributed by atoms with Gasteiger partial charge >= 0.3 is 5.97 Å². The molecule has 21 heavy (non-hydrogen) atoms. The number of hydrogen-bond donors (Lipinski definition) is 1. The fourth-order valence-electron chi connectivity index (χ4n) is 2.29. The summed E-state index contributed by atoms with van der Waals surface area (Å²) in [4.78, 5) is 12.0. The van der Waals surface area contributed by atoms with Crippen molar-refractivity contribution in [3.63, 3.8) is 0 Å². The average molecular weight is 291 g/mol. The summed E-state index contributed by atoms with van der Waals surface area (Å²) in [6.45, 7) is 8.67. The summed E-state index contributed by atoms with van der Waals surface area (Å²) in [5.41, 5.74) is 3.48. The van der Waals surface area contributed by atoms with Crippen molar-refractivity contribution in [3.8, 4) is 5.75 Å². The highest BCUT2D eigenvalue weighted by atomic mass is 16.5. The van der Waals surface area contributed by atoms with E-state index in [2.05, 4.69) is 18.3 Å². The van der Waals surface area contributed by atoms with Crippen molar-refractivity contribution in [2.24, 2.45) is 0 Å². The zero-order chi connectivity index (χ0) is 15.4. The van der Waals surface area contributed by atoms with E-state index in [9.17, 15) is 4.79 Å². The summed E-state index contributed by atoms with van der Waals surface area (Å²) < 4.78 is 11.0. The molecule has 4 heteroatoms. The Kier molecular flexibility index (Phi) is 5.23. The standard InChI is InChI=1S/C17H25NO3/c1-5-20-17(19)15(18-14-6-7-14)10-21-16-9-11(2)8-12(3)13(16)4/h8-9,14-15,18H,5-7,10H2,1-4H3. The predicted octanol–water partition coefficient (Wildman–Crippen LogP) is 2.67. The van der Waals surface area contributed by atoms with Gasteiger partial charge in [-0.25, -0.2) is 0 Å². The molecule has 0 amide bonds. The molecule has 0 heterocycles. The van der Waals surface area contributed by atoms with Crippen LogP contribution in [0.3, 0.4) is 0 Å². The van der Waals surface area contributed by atoms with Crippen LogP contribution in [0.5, 0.6) is 5.75 Å². The van der Waals surface area contributed by atoms with Gasteiger partial charge in [0.2, 0.25) is 0 Å². The first-order chi connectivity index (χ1) is 10.0. The van der Waals surface area contributed by atoms with Gasteiger partial charge in [-0.15, -0.1) is 0 Å². The van der Waals surface area contributed by atoms with E-state index in [0.717, 1.165) is 29.7 Å². The molecule has 2 rings (SSSR count). The fourth-order valence-corrected chi connectivity index (χ4v) is 2.29. The Balaban J connectivity index is 2.01. The van der Waals surface area contributed by atoms with Crippen molar-refractivity contribution < 1.29 is 14.3 Å². The molecule has 1 saturated carbocycles. The van der Waals surface area contributed by atoms with Gasteiger partial charge in [0.05, 0.1) is 6.61 Å². The van der Waals surface area contributed by atoms with E-state index in [1.807, 2.05) is 26.8 Å². The molecule has 1 aromatic rings. The van der Waals surface area contributed by atoms with Gasteiger partial charge in [-0.05, 0) is 63.3 Å². The number of hydrogen-bond acceptors (Lipinski definition) is 4. The average Bonchev–Trinajstić information content (AvgIpc) is 3.23. The quantitative estimate of drug-likeness (QED) is 0.785. The van der Waals surface area contributed by atoms with Crippen molar-refractivity contribution in [2.75, 3.05) is 13.2 Å². The molecule has 0 radical (unpaired) electrons. The maximum Gasteiger partial charge on any atom is 0.326 e. The van der Waals surface area contributed by atoms with E-state index in [0.29, 0.717) is 19.3 Å². The second-order valence-electron chi connectivity index (χ2n) is 5.76. The Hall–Kier alpha value is -1.55. The highest BCUT2D eigenvalue weighted by Gasteiger charge is 2.29. The predicted molar refractivity (Wildman–Crippen MR) is 82.7 cm³/mol. The molecule has 1 unspecified atom stereocenters. The molecule has 0 aromatic heterocycles. The first-order valence-electron chi connectivity index (χ1n) is 7.64. The third kappa shape index (κ3) is 4.46. The van der Waals surface area contributed by atoms with Crippen molar-refractivity contribution in [1.29, 1.82) is 0 Å². The molecule has 1 aliphatic rings. The summed E-state index contributed by atoms with van der Waals surface area (Å²) in [5, 5.41) is 3.29. The van der Waals surface area contributed by atoms with Crippen LogP contribution in [0.1, 0.15) is 36.5 Å². The molecular formula is C17H25NO3. The van der Waals surface area contributed by atoms with Gasteiger partial charge in [-0.3, -0.25) is 10.1 Å². The summed E-state index contributed by atoms with van der Waals surface area (Å²) in [5.74, 6) is 0.617. The second-order valence-corrected chi connectivity index (χ2v) is 5.76. The van der Waals surface area contributed by atoms with E-state index < -0.39 is 6.04 Å². The molecule has 0 bridgehead atoms. The second kappa shape index (κ2) is 6.94. The van der Waals surface area contributed by atoms with Gasteiger partial charge in [0.25, 0.3) is 0 Å². The summed E-state index contributed by atoms with van der Waals surface area (Å²) in [7, 11) is 0. The molecule has 1 aliphatic carbocycles. The summed E-state index contributed by atoms with van der Waals surface area (Å²) in [6, 6.07) is 4.19. The first-order valence-corrected chi connectivity index (χ1v) is 7.64. The molecule has 1 atom stereocenters. The Morgan fingerprint density at radius 3 is 2.67 bits per heavy atom. The lowest BCUT2D eigenvalue weighted by Gasteiger charge is -2.19. The highest BCUT2D eigenvalue weighted by molar-refractivity contribution is 5.76. The van der Waals surface area contributed by atoms with Crippen molar-refractivity contribution in [1.82, 2.24) is 5.32 Å². The number of esters is 1. The largest absolute Gasteiger partial charge is 0.491 e. The number of aryl methyl sites for hydroxylation is 2. The topological polar surface area (TPSA) is 47.6 Å². The minimum atomic E-state index is -0.391. The van der Waals surface area contributed by atoms with Crippen LogP contribution in [0.15, 0.2) is 12.1 Å². The molecule has 1 aromatic carbocycles. The minimum Gasteiger partial charge on any atom is -0.491 e. The monoisotopic (exact) mass is 291 g/mol. The zero-order valence-electron chi connectivity index (χ0n) is 13.4. The number of ether oxygens (including phenoxy) is 2. The minimum absolute atomic E-state index is 0.230. The van der Waals surface area contributed by atoms with Gasteiger partial charge in [0.15, 0.2) is 0 Å². The van der Waals surface area contributed by atoms with Crippen LogP contribution >= 0.6 is 0 Å². The molecular weight excluding hydrogens is 266 g/mol. The van der Waals surface area contributed by atoms with Gasteiger partial charge in [0.1, 0.15) is 18.4 Å². The number of rotatable bonds is 7. The van der Waals surface area contributed by atoms with Gasteiger partial charge in [-0.1, -0.05) is 6.07 Å². The maximum absolute atomic E-state index is 12.0. The van der Waals surface area contributed by atoms with Crippen LogP contribution in [0.2, 0.25) is 0 Å². The lowest BCUT2D eigenvalue weighted by Crippen LogP contribution is -2.43. The number of benzene rings is 1. The van der Waals surface area contributed by atoms with Gasteiger partial charge in [-0.2, -0.15) is 0 Å². The Bertz CT molecular complexity index is 509. The molecule has 1 fully saturated rings. The van der Waals surface area contributed by atoms with Crippen molar-refractivity contribution in [3.05, 3.63) is 28.8 Å². The lowest BCUT2D eigenvalue weighted by molar-refractivity contribution is -0.146. The summed E-state index contributed by atoms with van der Waals surface area (Å²) in [6.07, 6.45) is 2.25. The van der Waals surface area contributed by atoms with Crippen LogP contribution in [0.25, 0.3) is 0 Å². The molecule has 1 N–H and O–H groups in total. The Labute approximate surface area is 126 Å². The third-order valence-corrected chi connectivity index (χ3v) is 3.75. The van der Waals surface area contributed by atoms with Crippen LogP contribution in [-0.2, 0) is 9.53 Å². The SMILES string of the molecule is CCOC(=O)C(COc1cc(C)cc(C)c1C)NC1CC1. The normalized spacial score (nSPS) is 15.6. The lowest BCUT2D eigenvalue weighted by atomic mass is 10.1. The molecule has 0 aliphatic heterocycles. The van der Waals surface area contributed by atoms with Crippen molar-refractivity contribution >= 4 is 5.97 Å². The Morgan fingerprint density at radius 1 is 1.33 bits per heavy atom. The summed E-state index contributed by atoms with van der Waals surface area (Å²) >= 11 is 0. The number of carbonyl (C=O) groups is 1. The van der Waals surface area contributed by atoms with E-state index in [1.165, 1.54) is 5.56 Å². The molecule has 0 spiro atoms. The first kappa shape index (κ1) is 15.8.